The topological polar surface area (TPSA) is 42.2 Å². The minimum atomic E-state index is 0.788. The van der Waals surface area contributed by atoms with Crippen LogP contribution in [0.5, 0.6) is 0 Å². The van der Waals surface area contributed by atoms with Gasteiger partial charge in [0, 0.05) is 19.3 Å². The average Bonchev–Trinajstić information content (AvgIpc) is 2.55. The molecule has 3 nitrogen and oxygen atoms in total. The standard InChI is InChI=1S/C14H23N3/c1-11(2)12-5-4-9-17(10-7-12)14-13(15)6-3-8-16-14/h3,6,8,11-12H,4-5,7,9-10,15H2,1-2H3. The molecule has 1 atom stereocenters. The fourth-order valence-corrected chi connectivity index (χ4v) is 2.67. The van der Waals surface area contributed by atoms with Crippen molar-refractivity contribution in [2.45, 2.75) is 33.1 Å². The molecule has 0 aliphatic carbocycles. The molecule has 1 aromatic heterocycles. The van der Waals surface area contributed by atoms with Crippen LogP contribution in [-0.4, -0.2) is 18.1 Å². The number of nitrogen functional groups attached to an aromatic ring is 1. The van der Waals surface area contributed by atoms with E-state index in [-0.39, 0.29) is 0 Å². The number of nitrogens with two attached hydrogens (primary N) is 1. The molecule has 3 heteroatoms. The fraction of sp³-hybridized carbons (Fsp3) is 0.643. The van der Waals surface area contributed by atoms with Gasteiger partial charge in [-0.2, -0.15) is 0 Å². The number of hydrogen-bond acceptors (Lipinski definition) is 3. The van der Waals surface area contributed by atoms with Crippen LogP contribution in [0.3, 0.4) is 0 Å². The molecule has 0 amide bonds. The summed E-state index contributed by atoms with van der Waals surface area (Å²) >= 11 is 0. The van der Waals surface area contributed by atoms with Crippen LogP contribution >= 0.6 is 0 Å². The quantitative estimate of drug-likeness (QED) is 0.854. The molecule has 1 unspecified atom stereocenters. The predicted molar refractivity (Wildman–Crippen MR) is 73.0 cm³/mol. The summed E-state index contributed by atoms with van der Waals surface area (Å²) in [6.45, 7) is 6.83. The average molecular weight is 233 g/mol. The SMILES string of the molecule is CC(C)C1CCCN(c2ncccc2N)CC1. The molecule has 0 saturated carbocycles. The van der Waals surface area contributed by atoms with Gasteiger partial charge in [-0.1, -0.05) is 13.8 Å². The maximum Gasteiger partial charge on any atom is 0.151 e. The lowest BCUT2D eigenvalue weighted by Crippen LogP contribution is -2.26. The molecule has 1 aliphatic heterocycles. The van der Waals surface area contributed by atoms with Gasteiger partial charge in [0.15, 0.2) is 5.82 Å². The summed E-state index contributed by atoms with van der Waals surface area (Å²) in [4.78, 5) is 6.76. The highest BCUT2D eigenvalue weighted by molar-refractivity contribution is 5.62. The van der Waals surface area contributed by atoms with Crippen LogP contribution in [0.2, 0.25) is 0 Å². The van der Waals surface area contributed by atoms with Crippen molar-refractivity contribution >= 4 is 11.5 Å². The van der Waals surface area contributed by atoms with Crippen LogP contribution in [-0.2, 0) is 0 Å². The largest absolute Gasteiger partial charge is 0.396 e. The summed E-state index contributed by atoms with van der Waals surface area (Å²) in [5.74, 6) is 2.61. The summed E-state index contributed by atoms with van der Waals surface area (Å²) < 4.78 is 0. The molecule has 0 aromatic carbocycles. The number of rotatable bonds is 2. The smallest absolute Gasteiger partial charge is 0.151 e. The molecule has 1 aliphatic rings. The van der Waals surface area contributed by atoms with Crippen LogP contribution in [0.4, 0.5) is 11.5 Å². The minimum Gasteiger partial charge on any atom is -0.396 e. The van der Waals surface area contributed by atoms with E-state index in [4.69, 9.17) is 5.73 Å². The van der Waals surface area contributed by atoms with E-state index in [1.54, 1.807) is 0 Å². The first-order valence-corrected chi connectivity index (χ1v) is 6.64. The van der Waals surface area contributed by atoms with Crippen molar-refractivity contribution in [3.8, 4) is 0 Å². The fourth-order valence-electron chi connectivity index (χ4n) is 2.67. The molecule has 2 rings (SSSR count). The van der Waals surface area contributed by atoms with Crippen molar-refractivity contribution in [2.75, 3.05) is 23.7 Å². The van der Waals surface area contributed by atoms with E-state index in [1.165, 1.54) is 19.3 Å². The molecule has 1 aromatic rings. The summed E-state index contributed by atoms with van der Waals surface area (Å²) in [5.41, 5.74) is 6.79. The Morgan fingerprint density at radius 1 is 1.35 bits per heavy atom. The number of aromatic nitrogens is 1. The zero-order chi connectivity index (χ0) is 12.3. The third-order valence-electron chi connectivity index (χ3n) is 3.83. The lowest BCUT2D eigenvalue weighted by molar-refractivity contribution is 0.351. The third kappa shape index (κ3) is 2.90. The van der Waals surface area contributed by atoms with Crippen LogP contribution in [0.15, 0.2) is 18.3 Å². The maximum absolute atomic E-state index is 5.99. The molecule has 0 spiro atoms. The number of hydrogen-bond donors (Lipinski definition) is 1. The first-order valence-electron chi connectivity index (χ1n) is 6.64. The Kier molecular flexibility index (Phi) is 3.87. The molecule has 1 saturated heterocycles. The lowest BCUT2D eigenvalue weighted by atomic mass is 9.89. The Bertz CT molecular complexity index is 362. The summed E-state index contributed by atoms with van der Waals surface area (Å²) in [7, 11) is 0. The van der Waals surface area contributed by atoms with Crippen LogP contribution < -0.4 is 10.6 Å². The van der Waals surface area contributed by atoms with E-state index in [0.717, 1.165) is 36.4 Å². The molecule has 1 fully saturated rings. The van der Waals surface area contributed by atoms with Crippen molar-refractivity contribution in [1.82, 2.24) is 4.98 Å². The minimum absolute atomic E-state index is 0.788. The van der Waals surface area contributed by atoms with E-state index in [0.29, 0.717) is 0 Å². The van der Waals surface area contributed by atoms with Crippen molar-refractivity contribution in [3.05, 3.63) is 18.3 Å². The second-order valence-corrected chi connectivity index (χ2v) is 5.34. The van der Waals surface area contributed by atoms with E-state index < -0.39 is 0 Å². The lowest BCUT2D eigenvalue weighted by Gasteiger charge is -2.23. The maximum atomic E-state index is 5.99. The van der Waals surface area contributed by atoms with Crippen molar-refractivity contribution in [2.24, 2.45) is 11.8 Å². The van der Waals surface area contributed by atoms with Crippen LogP contribution in [0, 0.1) is 11.8 Å². The van der Waals surface area contributed by atoms with Gasteiger partial charge in [0.2, 0.25) is 0 Å². The Balaban J connectivity index is 2.07. The van der Waals surface area contributed by atoms with Gasteiger partial charge in [0.1, 0.15) is 0 Å². The van der Waals surface area contributed by atoms with Crippen molar-refractivity contribution in [3.63, 3.8) is 0 Å². The predicted octanol–water partition coefficient (Wildman–Crippen LogP) is 2.93. The van der Waals surface area contributed by atoms with Gasteiger partial charge >= 0.3 is 0 Å². The number of pyridine rings is 1. The van der Waals surface area contributed by atoms with E-state index >= 15 is 0 Å². The first kappa shape index (κ1) is 12.2. The molecule has 0 radical (unpaired) electrons. The normalized spacial score (nSPS) is 21.6. The summed E-state index contributed by atoms with van der Waals surface area (Å²) in [5, 5.41) is 0. The highest BCUT2D eigenvalue weighted by atomic mass is 15.2. The summed E-state index contributed by atoms with van der Waals surface area (Å²) in [6, 6.07) is 3.83. The van der Waals surface area contributed by atoms with Crippen LogP contribution in [0.1, 0.15) is 33.1 Å². The Morgan fingerprint density at radius 2 is 2.18 bits per heavy atom. The van der Waals surface area contributed by atoms with E-state index in [9.17, 15) is 0 Å². The Morgan fingerprint density at radius 3 is 2.88 bits per heavy atom. The summed E-state index contributed by atoms with van der Waals surface area (Å²) in [6.07, 6.45) is 5.67. The van der Waals surface area contributed by atoms with E-state index in [1.807, 2.05) is 18.3 Å². The zero-order valence-corrected chi connectivity index (χ0v) is 10.9. The van der Waals surface area contributed by atoms with Crippen molar-refractivity contribution < 1.29 is 0 Å². The van der Waals surface area contributed by atoms with Gasteiger partial charge in [-0.3, -0.25) is 0 Å². The van der Waals surface area contributed by atoms with Crippen LogP contribution in [0.25, 0.3) is 0 Å². The number of nitrogens with zero attached hydrogens (tertiary/aromatic N) is 2. The molecule has 2 N–H and O–H groups in total. The van der Waals surface area contributed by atoms with Crippen molar-refractivity contribution in [1.29, 1.82) is 0 Å². The molecule has 2 heterocycles. The molecule has 17 heavy (non-hydrogen) atoms. The molecule has 0 bridgehead atoms. The third-order valence-corrected chi connectivity index (χ3v) is 3.83. The second kappa shape index (κ2) is 5.39. The molecular weight excluding hydrogens is 210 g/mol. The highest BCUT2D eigenvalue weighted by Gasteiger charge is 2.20. The van der Waals surface area contributed by atoms with Gasteiger partial charge in [0.05, 0.1) is 5.69 Å². The van der Waals surface area contributed by atoms with Gasteiger partial charge < -0.3 is 10.6 Å². The Labute approximate surface area is 104 Å². The highest BCUT2D eigenvalue weighted by Crippen LogP contribution is 2.28. The monoisotopic (exact) mass is 233 g/mol. The van der Waals surface area contributed by atoms with Gasteiger partial charge in [-0.15, -0.1) is 0 Å². The first-order chi connectivity index (χ1) is 8.18. The van der Waals surface area contributed by atoms with E-state index in [2.05, 4.69) is 23.7 Å². The Hall–Kier alpha value is -1.25. The molecular formula is C14H23N3. The molecule has 94 valence electrons. The second-order valence-electron chi connectivity index (χ2n) is 5.34. The number of anilines is 2. The zero-order valence-electron chi connectivity index (χ0n) is 10.9. The van der Waals surface area contributed by atoms with Gasteiger partial charge in [0.25, 0.3) is 0 Å². The van der Waals surface area contributed by atoms with Gasteiger partial charge in [-0.05, 0) is 43.2 Å². The van der Waals surface area contributed by atoms with Gasteiger partial charge in [-0.25, -0.2) is 4.98 Å².